The van der Waals surface area contributed by atoms with Crippen molar-refractivity contribution < 1.29 is 17.6 Å². The number of anilines is 1. The molecule has 0 unspecified atom stereocenters. The molecule has 158 valence electrons. The molecule has 0 aromatic heterocycles. The van der Waals surface area contributed by atoms with Crippen LogP contribution in [0.15, 0.2) is 54.6 Å². The summed E-state index contributed by atoms with van der Waals surface area (Å²) >= 11 is 0. The third-order valence-corrected chi connectivity index (χ3v) is 6.20. The van der Waals surface area contributed by atoms with E-state index in [0.29, 0.717) is 12.3 Å². The molecule has 0 spiro atoms. The highest BCUT2D eigenvalue weighted by Gasteiger charge is 2.30. The lowest BCUT2D eigenvalue weighted by atomic mass is 9.97. The van der Waals surface area contributed by atoms with Crippen molar-refractivity contribution in [2.75, 3.05) is 24.9 Å². The third kappa shape index (κ3) is 6.01. The normalized spacial score (nSPS) is 12.8. The lowest BCUT2D eigenvalue weighted by Crippen LogP contribution is -2.46. The number of nitrogens with one attached hydrogen (secondary N) is 1. The van der Waals surface area contributed by atoms with Gasteiger partial charge in [0.2, 0.25) is 5.91 Å². The summed E-state index contributed by atoms with van der Waals surface area (Å²) in [5, 5.41) is 2.91. The lowest BCUT2D eigenvalue weighted by Gasteiger charge is -2.28. The number of hydrogen-bond acceptors (Lipinski definition) is 3. The zero-order chi connectivity index (χ0) is 21.6. The fourth-order valence-corrected chi connectivity index (χ4v) is 4.02. The standard InChI is InChI=1S/C21H28FN3O3S/c1-16(2)14-19(17-10-6-5-7-11-17)23-21(26)15-25(29(27,28)24(3)4)20-13-9-8-12-18(20)22/h5-13,16,19H,14-15H2,1-4H3,(H,23,26)/t19-/m0/s1. The molecule has 2 aromatic rings. The van der Waals surface area contributed by atoms with Gasteiger partial charge >= 0.3 is 10.2 Å². The van der Waals surface area contributed by atoms with Gasteiger partial charge in [0.25, 0.3) is 0 Å². The van der Waals surface area contributed by atoms with Crippen LogP contribution in [-0.4, -0.2) is 39.3 Å². The van der Waals surface area contributed by atoms with E-state index in [4.69, 9.17) is 0 Å². The predicted molar refractivity (Wildman–Crippen MR) is 113 cm³/mol. The Morgan fingerprint density at radius 1 is 1.03 bits per heavy atom. The summed E-state index contributed by atoms with van der Waals surface area (Å²) in [6.07, 6.45) is 0.690. The number of benzene rings is 2. The summed E-state index contributed by atoms with van der Waals surface area (Å²) in [5.74, 6) is -0.908. The van der Waals surface area contributed by atoms with Gasteiger partial charge in [0.05, 0.1) is 11.7 Å². The van der Waals surface area contributed by atoms with Crippen molar-refractivity contribution in [3.8, 4) is 0 Å². The summed E-state index contributed by atoms with van der Waals surface area (Å²) in [6.45, 7) is 3.57. The summed E-state index contributed by atoms with van der Waals surface area (Å²) in [4.78, 5) is 12.8. The Balaban J connectivity index is 2.30. The van der Waals surface area contributed by atoms with Crippen molar-refractivity contribution in [2.45, 2.75) is 26.3 Å². The molecule has 0 saturated heterocycles. The first-order valence-corrected chi connectivity index (χ1v) is 10.8. The molecule has 0 fully saturated rings. The van der Waals surface area contributed by atoms with E-state index >= 15 is 0 Å². The smallest absolute Gasteiger partial charge is 0.304 e. The third-order valence-electron chi connectivity index (χ3n) is 4.39. The van der Waals surface area contributed by atoms with Gasteiger partial charge in [-0.2, -0.15) is 12.7 Å². The van der Waals surface area contributed by atoms with Crippen molar-refractivity contribution >= 4 is 21.8 Å². The minimum absolute atomic E-state index is 0.170. The maximum atomic E-state index is 14.3. The summed E-state index contributed by atoms with van der Waals surface area (Å²) < 4.78 is 41.6. The van der Waals surface area contributed by atoms with Crippen molar-refractivity contribution in [2.24, 2.45) is 5.92 Å². The second-order valence-electron chi connectivity index (χ2n) is 7.41. The SMILES string of the molecule is CC(C)C[C@H](NC(=O)CN(c1ccccc1F)S(=O)(=O)N(C)C)c1ccccc1. The quantitative estimate of drug-likeness (QED) is 0.675. The second kappa shape index (κ2) is 9.84. The summed E-state index contributed by atoms with van der Waals surface area (Å²) in [5.41, 5.74) is 0.763. The zero-order valence-electron chi connectivity index (χ0n) is 17.2. The first-order valence-electron chi connectivity index (χ1n) is 9.42. The summed E-state index contributed by atoms with van der Waals surface area (Å²) in [7, 11) is -1.39. The molecular formula is C21H28FN3O3S. The van der Waals surface area contributed by atoms with Gasteiger partial charge in [0.1, 0.15) is 12.4 Å². The lowest BCUT2D eigenvalue weighted by molar-refractivity contribution is -0.120. The monoisotopic (exact) mass is 421 g/mol. The van der Waals surface area contributed by atoms with Crippen LogP contribution in [-0.2, 0) is 15.0 Å². The number of rotatable bonds is 9. The van der Waals surface area contributed by atoms with Crippen LogP contribution < -0.4 is 9.62 Å². The number of hydrogen-bond donors (Lipinski definition) is 1. The van der Waals surface area contributed by atoms with Gasteiger partial charge in [-0.1, -0.05) is 56.3 Å². The topological polar surface area (TPSA) is 69.7 Å². The Labute approximate surface area is 172 Å². The molecule has 0 aliphatic rings. The van der Waals surface area contributed by atoms with Gasteiger partial charge in [0.15, 0.2) is 0 Å². The maximum absolute atomic E-state index is 14.3. The van der Waals surface area contributed by atoms with Crippen LogP contribution in [0.5, 0.6) is 0 Å². The van der Waals surface area contributed by atoms with Crippen LogP contribution >= 0.6 is 0 Å². The van der Waals surface area contributed by atoms with Crippen molar-refractivity contribution in [1.29, 1.82) is 0 Å². The van der Waals surface area contributed by atoms with E-state index in [1.807, 2.05) is 44.2 Å². The molecule has 0 bridgehead atoms. The molecule has 1 atom stereocenters. The number of carbonyl (C=O) groups excluding carboxylic acids is 1. The molecule has 2 rings (SSSR count). The van der Waals surface area contributed by atoms with Gasteiger partial charge in [-0.15, -0.1) is 0 Å². The van der Waals surface area contributed by atoms with E-state index in [1.165, 1.54) is 32.3 Å². The number of nitrogens with zero attached hydrogens (tertiary/aromatic N) is 2. The Kier molecular flexibility index (Phi) is 7.75. The molecule has 6 nitrogen and oxygen atoms in total. The zero-order valence-corrected chi connectivity index (χ0v) is 18.0. The summed E-state index contributed by atoms with van der Waals surface area (Å²) in [6, 6.07) is 14.7. The van der Waals surface area contributed by atoms with Crippen LogP contribution in [0.25, 0.3) is 0 Å². The fraction of sp³-hybridized carbons (Fsp3) is 0.381. The van der Waals surface area contributed by atoms with E-state index in [-0.39, 0.29) is 11.7 Å². The molecule has 0 radical (unpaired) electrons. The van der Waals surface area contributed by atoms with Gasteiger partial charge in [-0.25, -0.2) is 8.70 Å². The molecule has 2 aromatic carbocycles. The van der Waals surface area contributed by atoms with Crippen molar-refractivity contribution in [1.82, 2.24) is 9.62 Å². The average molecular weight is 422 g/mol. The molecular weight excluding hydrogens is 393 g/mol. The number of amides is 1. The Morgan fingerprint density at radius 2 is 1.62 bits per heavy atom. The van der Waals surface area contributed by atoms with Gasteiger partial charge < -0.3 is 5.32 Å². The van der Waals surface area contributed by atoms with Gasteiger partial charge in [-0.3, -0.25) is 4.79 Å². The van der Waals surface area contributed by atoms with Gasteiger partial charge in [0, 0.05) is 14.1 Å². The molecule has 0 saturated carbocycles. The van der Waals surface area contributed by atoms with E-state index in [9.17, 15) is 17.6 Å². The molecule has 0 heterocycles. The fourth-order valence-electron chi connectivity index (χ4n) is 2.95. The largest absolute Gasteiger partial charge is 0.348 e. The average Bonchev–Trinajstić information content (AvgIpc) is 2.66. The number of halogens is 1. The number of para-hydroxylation sites is 1. The Bertz CT molecular complexity index is 918. The minimum Gasteiger partial charge on any atom is -0.348 e. The molecule has 29 heavy (non-hydrogen) atoms. The molecule has 1 amide bonds. The van der Waals surface area contributed by atoms with Crippen molar-refractivity contribution in [3.63, 3.8) is 0 Å². The van der Waals surface area contributed by atoms with Crippen LogP contribution in [0.4, 0.5) is 10.1 Å². The second-order valence-corrected chi connectivity index (χ2v) is 9.48. The van der Waals surface area contributed by atoms with Crippen molar-refractivity contribution in [3.05, 3.63) is 66.0 Å². The van der Waals surface area contributed by atoms with E-state index in [2.05, 4.69) is 5.32 Å². The van der Waals surface area contributed by atoms with Crippen LogP contribution in [0.1, 0.15) is 31.9 Å². The molecule has 0 aliphatic carbocycles. The Morgan fingerprint density at radius 3 is 2.17 bits per heavy atom. The number of carbonyl (C=O) groups is 1. The molecule has 8 heteroatoms. The first kappa shape index (κ1) is 22.8. The predicted octanol–water partition coefficient (Wildman–Crippen LogP) is 3.34. The van der Waals surface area contributed by atoms with Crippen LogP contribution in [0, 0.1) is 11.7 Å². The van der Waals surface area contributed by atoms with Gasteiger partial charge in [-0.05, 0) is 30.0 Å². The minimum atomic E-state index is -4.07. The first-order chi connectivity index (χ1) is 13.6. The highest BCUT2D eigenvalue weighted by molar-refractivity contribution is 7.90. The highest BCUT2D eigenvalue weighted by Crippen LogP contribution is 2.24. The van der Waals surface area contributed by atoms with Crippen LogP contribution in [0.2, 0.25) is 0 Å². The van der Waals surface area contributed by atoms with E-state index in [1.54, 1.807) is 0 Å². The Hall–Kier alpha value is -2.45. The molecule has 0 aliphatic heterocycles. The highest BCUT2D eigenvalue weighted by atomic mass is 32.2. The molecule has 1 N–H and O–H groups in total. The maximum Gasteiger partial charge on any atom is 0.304 e. The van der Waals surface area contributed by atoms with Crippen LogP contribution in [0.3, 0.4) is 0 Å². The van der Waals surface area contributed by atoms with E-state index in [0.717, 1.165) is 20.2 Å². The van der Waals surface area contributed by atoms with E-state index < -0.39 is 28.5 Å².